The van der Waals surface area contributed by atoms with Gasteiger partial charge in [-0.25, -0.2) is 13.2 Å². The number of fused-ring (bicyclic) bond motifs is 1. The van der Waals surface area contributed by atoms with E-state index in [0.717, 1.165) is 27.5 Å². The number of nitrogens with zero attached hydrogens (tertiary/aromatic N) is 1. The lowest BCUT2D eigenvalue weighted by atomic mass is 10.0. The normalized spacial score (nSPS) is 18.0. The lowest BCUT2D eigenvalue weighted by molar-refractivity contribution is -0.132. The van der Waals surface area contributed by atoms with Crippen LogP contribution in [0.3, 0.4) is 0 Å². The van der Waals surface area contributed by atoms with E-state index in [1.165, 1.54) is 0 Å². The molecule has 0 unspecified atom stereocenters. The number of sulfone groups is 1. The first-order valence-electron chi connectivity index (χ1n) is 9.22. The maximum absolute atomic E-state index is 12.4. The van der Waals surface area contributed by atoms with E-state index < -0.39 is 40.3 Å². The first-order valence-corrected chi connectivity index (χ1v) is 11.3. The van der Waals surface area contributed by atoms with E-state index in [1.54, 1.807) is 0 Å². The molecule has 8 nitrogen and oxygen atoms in total. The number of amides is 4. The number of hydrogen-bond donors (Lipinski definition) is 2. The van der Waals surface area contributed by atoms with E-state index in [0.29, 0.717) is 0 Å². The van der Waals surface area contributed by atoms with Crippen molar-refractivity contribution >= 4 is 38.5 Å². The van der Waals surface area contributed by atoms with Crippen molar-refractivity contribution in [3.05, 3.63) is 48.0 Å². The SMILES string of the molecule is C[C@H](NC(=O)CN1C(=O)N[C@H](CCS(C)(=O)=O)C1=O)c1ccc2ccccc2c1. The molecule has 1 heterocycles. The molecule has 0 bridgehead atoms. The van der Waals surface area contributed by atoms with Crippen LogP contribution < -0.4 is 10.6 Å². The van der Waals surface area contributed by atoms with Crippen LogP contribution in [0.4, 0.5) is 4.79 Å². The summed E-state index contributed by atoms with van der Waals surface area (Å²) >= 11 is 0. The molecule has 4 amide bonds. The monoisotopic (exact) mass is 417 g/mol. The molecule has 0 aromatic heterocycles. The molecule has 2 atom stereocenters. The van der Waals surface area contributed by atoms with Crippen molar-refractivity contribution in [3.63, 3.8) is 0 Å². The summed E-state index contributed by atoms with van der Waals surface area (Å²) in [6.07, 6.45) is 1.04. The highest BCUT2D eigenvalue weighted by atomic mass is 32.2. The van der Waals surface area contributed by atoms with Gasteiger partial charge < -0.3 is 10.6 Å². The van der Waals surface area contributed by atoms with Crippen molar-refractivity contribution in [3.8, 4) is 0 Å². The number of carbonyl (C=O) groups is 3. The smallest absolute Gasteiger partial charge is 0.325 e. The highest BCUT2D eigenvalue weighted by Crippen LogP contribution is 2.20. The molecule has 29 heavy (non-hydrogen) atoms. The van der Waals surface area contributed by atoms with Gasteiger partial charge in [-0.05, 0) is 35.7 Å². The van der Waals surface area contributed by atoms with Gasteiger partial charge in [0, 0.05) is 6.26 Å². The van der Waals surface area contributed by atoms with Crippen LogP contribution in [0.1, 0.15) is 24.9 Å². The van der Waals surface area contributed by atoms with E-state index in [9.17, 15) is 22.8 Å². The third kappa shape index (κ3) is 5.11. The molecule has 1 aliphatic rings. The van der Waals surface area contributed by atoms with Crippen molar-refractivity contribution in [2.24, 2.45) is 0 Å². The lowest BCUT2D eigenvalue weighted by Crippen LogP contribution is -2.41. The summed E-state index contributed by atoms with van der Waals surface area (Å²) in [7, 11) is -3.26. The Hall–Kier alpha value is -2.94. The topological polar surface area (TPSA) is 113 Å². The number of benzene rings is 2. The number of urea groups is 1. The van der Waals surface area contributed by atoms with Crippen molar-refractivity contribution in [1.82, 2.24) is 15.5 Å². The van der Waals surface area contributed by atoms with Crippen LogP contribution >= 0.6 is 0 Å². The molecule has 154 valence electrons. The fourth-order valence-corrected chi connectivity index (χ4v) is 3.91. The second-order valence-electron chi connectivity index (χ2n) is 7.24. The maximum atomic E-state index is 12.4. The molecular formula is C20H23N3O5S. The van der Waals surface area contributed by atoms with Crippen molar-refractivity contribution < 1.29 is 22.8 Å². The molecule has 9 heteroatoms. The number of carbonyl (C=O) groups excluding carboxylic acids is 3. The summed E-state index contributed by atoms with van der Waals surface area (Å²) < 4.78 is 22.5. The zero-order valence-electron chi connectivity index (χ0n) is 16.2. The Labute approximate surface area is 169 Å². The highest BCUT2D eigenvalue weighted by molar-refractivity contribution is 7.90. The minimum atomic E-state index is -3.26. The van der Waals surface area contributed by atoms with Crippen molar-refractivity contribution in [2.45, 2.75) is 25.4 Å². The van der Waals surface area contributed by atoms with Gasteiger partial charge in [-0.15, -0.1) is 0 Å². The molecule has 3 rings (SSSR count). The highest BCUT2D eigenvalue weighted by Gasteiger charge is 2.39. The van der Waals surface area contributed by atoms with Crippen LogP contribution in [0.5, 0.6) is 0 Å². The van der Waals surface area contributed by atoms with Gasteiger partial charge in [0.1, 0.15) is 22.4 Å². The average Bonchev–Trinajstić information content (AvgIpc) is 2.93. The maximum Gasteiger partial charge on any atom is 0.325 e. The first kappa shape index (κ1) is 20.8. The Morgan fingerprint density at radius 1 is 1.17 bits per heavy atom. The predicted molar refractivity (Wildman–Crippen MR) is 109 cm³/mol. The molecular weight excluding hydrogens is 394 g/mol. The van der Waals surface area contributed by atoms with Gasteiger partial charge in [0.25, 0.3) is 5.91 Å². The van der Waals surface area contributed by atoms with E-state index >= 15 is 0 Å². The third-order valence-electron chi connectivity index (χ3n) is 4.84. The first-order chi connectivity index (χ1) is 13.6. The quantitative estimate of drug-likeness (QED) is 0.661. The minimum absolute atomic E-state index is 0.0188. The molecule has 0 saturated carbocycles. The van der Waals surface area contributed by atoms with Crippen LogP contribution in [0.25, 0.3) is 10.8 Å². The molecule has 0 spiro atoms. The predicted octanol–water partition coefficient (Wildman–Crippen LogP) is 1.37. The van der Waals surface area contributed by atoms with E-state index in [4.69, 9.17) is 0 Å². The molecule has 1 saturated heterocycles. The number of hydrogen-bond acceptors (Lipinski definition) is 5. The van der Waals surface area contributed by atoms with Gasteiger partial charge in [0.15, 0.2) is 0 Å². The zero-order chi connectivity index (χ0) is 21.2. The van der Waals surface area contributed by atoms with Crippen LogP contribution in [-0.2, 0) is 19.4 Å². The summed E-state index contributed by atoms with van der Waals surface area (Å²) in [5, 5.41) is 7.36. The molecule has 1 aliphatic heterocycles. The Bertz CT molecular complexity index is 1070. The number of imide groups is 1. The van der Waals surface area contributed by atoms with E-state index in [1.807, 2.05) is 49.4 Å². The fourth-order valence-electron chi connectivity index (χ4n) is 3.25. The van der Waals surface area contributed by atoms with Gasteiger partial charge in [0.05, 0.1) is 11.8 Å². The van der Waals surface area contributed by atoms with Crippen molar-refractivity contribution in [1.29, 1.82) is 0 Å². The van der Waals surface area contributed by atoms with E-state index in [2.05, 4.69) is 10.6 Å². The lowest BCUT2D eigenvalue weighted by Gasteiger charge is -2.18. The van der Waals surface area contributed by atoms with Crippen LogP contribution in [0, 0.1) is 0 Å². The Morgan fingerprint density at radius 3 is 2.55 bits per heavy atom. The summed E-state index contributed by atoms with van der Waals surface area (Å²) in [5.41, 5.74) is 0.903. The van der Waals surface area contributed by atoms with Gasteiger partial charge in [0.2, 0.25) is 5.91 Å². The number of rotatable bonds is 7. The summed E-state index contributed by atoms with van der Waals surface area (Å²) in [4.78, 5) is 37.6. The molecule has 0 aliphatic carbocycles. The molecule has 2 aromatic rings. The Balaban J connectivity index is 1.60. The Morgan fingerprint density at radius 2 is 1.86 bits per heavy atom. The molecule has 2 N–H and O–H groups in total. The number of nitrogens with one attached hydrogen (secondary N) is 2. The van der Waals surface area contributed by atoms with Gasteiger partial charge in [-0.1, -0.05) is 36.4 Å². The second kappa shape index (κ2) is 8.20. The standard InChI is InChI=1S/C20H23N3O5S/c1-13(15-8-7-14-5-3-4-6-16(14)11-15)21-18(24)12-23-19(25)17(22-20(23)26)9-10-29(2,27)28/h3-8,11,13,17H,9-10,12H2,1-2H3,(H,21,24)(H,22,26)/t13-,17+/m0/s1. The van der Waals surface area contributed by atoms with Crippen molar-refractivity contribution in [2.75, 3.05) is 18.6 Å². The average molecular weight is 417 g/mol. The Kier molecular flexibility index (Phi) is 5.88. The summed E-state index contributed by atoms with van der Waals surface area (Å²) in [6.45, 7) is 1.40. The van der Waals surface area contributed by atoms with Gasteiger partial charge >= 0.3 is 6.03 Å². The fraction of sp³-hybridized carbons (Fsp3) is 0.350. The second-order valence-corrected chi connectivity index (χ2v) is 9.50. The van der Waals surface area contributed by atoms with Gasteiger partial charge in [-0.3, -0.25) is 14.5 Å². The molecule has 0 radical (unpaired) electrons. The largest absolute Gasteiger partial charge is 0.348 e. The third-order valence-corrected chi connectivity index (χ3v) is 5.81. The minimum Gasteiger partial charge on any atom is -0.348 e. The van der Waals surface area contributed by atoms with Crippen LogP contribution in [0.2, 0.25) is 0 Å². The van der Waals surface area contributed by atoms with E-state index in [-0.39, 0.29) is 18.2 Å². The van der Waals surface area contributed by atoms with Crippen LogP contribution in [0.15, 0.2) is 42.5 Å². The zero-order valence-corrected chi connectivity index (χ0v) is 17.0. The van der Waals surface area contributed by atoms with Gasteiger partial charge in [-0.2, -0.15) is 0 Å². The molecule has 1 fully saturated rings. The summed E-state index contributed by atoms with van der Waals surface area (Å²) in [6, 6.07) is 11.8. The van der Waals surface area contributed by atoms with Crippen LogP contribution in [-0.4, -0.2) is 55.8 Å². The molecule has 2 aromatic carbocycles. The summed E-state index contributed by atoms with van der Waals surface area (Å²) in [5.74, 6) is -1.28.